The fourth-order valence-corrected chi connectivity index (χ4v) is 4.40. The lowest BCUT2D eigenvalue weighted by Crippen LogP contribution is -2.48. The van der Waals surface area contributed by atoms with Crippen molar-refractivity contribution in [2.75, 3.05) is 31.9 Å². The highest BCUT2D eigenvalue weighted by Crippen LogP contribution is 2.19. The van der Waals surface area contributed by atoms with Crippen molar-refractivity contribution in [1.82, 2.24) is 19.3 Å². The molecule has 0 saturated carbocycles. The zero-order chi connectivity index (χ0) is 17.9. The summed E-state index contributed by atoms with van der Waals surface area (Å²) in [6, 6.07) is 7.24. The van der Waals surface area contributed by atoms with Crippen LogP contribution < -0.4 is 0 Å². The van der Waals surface area contributed by atoms with Gasteiger partial charge in [-0.15, -0.1) is 0 Å². The van der Waals surface area contributed by atoms with Gasteiger partial charge in [-0.05, 0) is 30.7 Å². The fraction of sp³-hybridized carbons (Fsp3) is 0.500. The zero-order valence-corrected chi connectivity index (χ0v) is 15.6. The topological polar surface area (TPSA) is 79.5 Å². The van der Waals surface area contributed by atoms with Crippen LogP contribution in [-0.4, -0.2) is 59.7 Å². The second kappa shape index (κ2) is 7.82. The molecule has 0 amide bonds. The minimum atomic E-state index is -3.12. The molecule has 7 nitrogen and oxygen atoms in total. The van der Waals surface area contributed by atoms with Crippen molar-refractivity contribution in [3.63, 3.8) is 0 Å². The van der Waals surface area contributed by atoms with Crippen LogP contribution in [0.4, 0.5) is 0 Å². The van der Waals surface area contributed by atoms with Crippen molar-refractivity contribution in [3.8, 4) is 11.4 Å². The standard InChI is InChI=1S/C16H21ClN4O3S/c1-2-11-25(22,23)21-9-7-20(8-10-21)12-15-18-16(19-24-15)13-3-5-14(17)6-4-13/h3-6H,2,7-12H2,1H3. The van der Waals surface area contributed by atoms with E-state index in [1.807, 2.05) is 19.1 Å². The van der Waals surface area contributed by atoms with Gasteiger partial charge in [0.15, 0.2) is 0 Å². The first-order valence-electron chi connectivity index (χ1n) is 8.26. The summed E-state index contributed by atoms with van der Waals surface area (Å²) in [5.41, 5.74) is 0.842. The number of halogens is 1. The van der Waals surface area contributed by atoms with Crippen molar-refractivity contribution in [2.45, 2.75) is 19.9 Å². The smallest absolute Gasteiger partial charge is 0.241 e. The number of hydrogen-bond acceptors (Lipinski definition) is 6. The minimum absolute atomic E-state index is 0.209. The summed E-state index contributed by atoms with van der Waals surface area (Å²) in [5, 5.41) is 4.65. The number of aromatic nitrogens is 2. The highest BCUT2D eigenvalue weighted by molar-refractivity contribution is 7.89. The minimum Gasteiger partial charge on any atom is -0.338 e. The summed E-state index contributed by atoms with van der Waals surface area (Å²) >= 11 is 5.88. The van der Waals surface area contributed by atoms with Gasteiger partial charge in [-0.1, -0.05) is 23.7 Å². The molecule has 0 aliphatic carbocycles. The number of benzene rings is 1. The van der Waals surface area contributed by atoms with Crippen LogP contribution in [0.3, 0.4) is 0 Å². The van der Waals surface area contributed by atoms with Crippen molar-refractivity contribution in [1.29, 1.82) is 0 Å². The molecule has 1 aromatic heterocycles. The largest absolute Gasteiger partial charge is 0.338 e. The van der Waals surface area contributed by atoms with Gasteiger partial charge in [0.05, 0.1) is 12.3 Å². The summed E-state index contributed by atoms with van der Waals surface area (Å²) in [6.07, 6.45) is 0.637. The van der Waals surface area contributed by atoms with E-state index in [-0.39, 0.29) is 5.75 Å². The highest BCUT2D eigenvalue weighted by Gasteiger charge is 2.26. The molecule has 0 radical (unpaired) electrons. The average Bonchev–Trinajstić information content (AvgIpc) is 3.04. The Morgan fingerprint density at radius 1 is 1.16 bits per heavy atom. The third-order valence-electron chi connectivity index (χ3n) is 4.12. The second-order valence-corrected chi connectivity index (χ2v) is 8.53. The Labute approximate surface area is 152 Å². The van der Waals surface area contributed by atoms with Crippen molar-refractivity contribution >= 4 is 21.6 Å². The molecule has 3 rings (SSSR count). The maximum Gasteiger partial charge on any atom is 0.241 e. The maximum absolute atomic E-state index is 12.1. The molecule has 0 atom stereocenters. The molecular formula is C16H21ClN4O3S. The van der Waals surface area contributed by atoms with Crippen LogP contribution in [0, 0.1) is 0 Å². The van der Waals surface area contributed by atoms with Crippen LogP contribution >= 0.6 is 11.6 Å². The molecule has 1 aliphatic rings. The highest BCUT2D eigenvalue weighted by atomic mass is 35.5. The molecule has 1 saturated heterocycles. The van der Waals surface area contributed by atoms with E-state index in [2.05, 4.69) is 15.0 Å². The van der Waals surface area contributed by atoms with E-state index in [0.29, 0.717) is 55.9 Å². The van der Waals surface area contributed by atoms with E-state index in [4.69, 9.17) is 16.1 Å². The summed E-state index contributed by atoms with van der Waals surface area (Å²) < 4.78 is 31.1. The maximum atomic E-state index is 12.1. The number of rotatable bonds is 6. The third kappa shape index (κ3) is 4.58. The Bertz CT molecular complexity index is 799. The van der Waals surface area contributed by atoms with Gasteiger partial charge in [-0.25, -0.2) is 8.42 Å². The number of sulfonamides is 1. The van der Waals surface area contributed by atoms with Gasteiger partial charge in [-0.3, -0.25) is 4.90 Å². The monoisotopic (exact) mass is 384 g/mol. The Balaban J connectivity index is 1.57. The van der Waals surface area contributed by atoms with E-state index in [0.717, 1.165) is 5.56 Å². The summed E-state index contributed by atoms with van der Waals surface area (Å²) in [7, 11) is -3.12. The predicted molar refractivity (Wildman–Crippen MR) is 95.7 cm³/mol. The third-order valence-corrected chi connectivity index (χ3v) is 6.44. The first-order chi connectivity index (χ1) is 12.0. The number of nitrogens with zero attached hydrogens (tertiary/aromatic N) is 4. The van der Waals surface area contributed by atoms with Gasteiger partial charge in [0.2, 0.25) is 21.7 Å². The van der Waals surface area contributed by atoms with Gasteiger partial charge in [-0.2, -0.15) is 9.29 Å². The Kier molecular flexibility index (Phi) is 5.73. The molecule has 2 heterocycles. The molecule has 0 bridgehead atoms. The number of piperazine rings is 1. The van der Waals surface area contributed by atoms with E-state index in [9.17, 15) is 8.42 Å². The van der Waals surface area contributed by atoms with Crippen molar-refractivity contribution < 1.29 is 12.9 Å². The summed E-state index contributed by atoms with van der Waals surface area (Å²) in [4.78, 5) is 6.53. The molecule has 1 aromatic carbocycles. The first-order valence-corrected chi connectivity index (χ1v) is 10.3. The van der Waals surface area contributed by atoms with Gasteiger partial charge < -0.3 is 4.52 Å². The van der Waals surface area contributed by atoms with Crippen molar-refractivity contribution in [2.24, 2.45) is 0 Å². The molecule has 1 fully saturated rings. The van der Waals surface area contributed by atoms with E-state index >= 15 is 0 Å². The zero-order valence-electron chi connectivity index (χ0n) is 14.1. The van der Waals surface area contributed by atoms with Crippen LogP contribution in [-0.2, 0) is 16.6 Å². The molecule has 0 N–H and O–H groups in total. The summed E-state index contributed by atoms with van der Waals surface area (Å²) in [5.74, 6) is 1.26. The number of hydrogen-bond donors (Lipinski definition) is 0. The SMILES string of the molecule is CCCS(=O)(=O)N1CCN(Cc2nc(-c3ccc(Cl)cc3)no2)CC1. The normalized spacial score (nSPS) is 17.0. The molecule has 136 valence electrons. The first kappa shape index (κ1) is 18.3. The van der Waals surface area contributed by atoms with E-state index < -0.39 is 10.0 Å². The Morgan fingerprint density at radius 2 is 1.84 bits per heavy atom. The van der Waals surface area contributed by atoms with Crippen LogP contribution in [0.1, 0.15) is 19.2 Å². The van der Waals surface area contributed by atoms with Gasteiger partial charge in [0.1, 0.15) is 0 Å². The van der Waals surface area contributed by atoms with Crippen LogP contribution in [0.15, 0.2) is 28.8 Å². The van der Waals surface area contributed by atoms with Gasteiger partial charge >= 0.3 is 0 Å². The van der Waals surface area contributed by atoms with Crippen LogP contribution in [0.5, 0.6) is 0 Å². The molecule has 0 spiro atoms. The fourth-order valence-electron chi connectivity index (χ4n) is 2.78. The lowest BCUT2D eigenvalue weighted by molar-refractivity contribution is 0.163. The van der Waals surface area contributed by atoms with E-state index in [1.165, 1.54) is 0 Å². The molecule has 1 aliphatic heterocycles. The second-order valence-electron chi connectivity index (χ2n) is 6.01. The average molecular weight is 385 g/mol. The van der Waals surface area contributed by atoms with Gasteiger partial charge in [0, 0.05) is 36.8 Å². The molecule has 0 unspecified atom stereocenters. The van der Waals surface area contributed by atoms with Gasteiger partial charge in [0.25, 0.3) is 0 Å². The summed E-state index contributed by atoms with van der Waals surface area (Å²) in [6.45, 7) is 4.70. The van der Waals surface area contributed by atoms with Crippen molar-refractivity contribution in [3.05, 3.63) is 35.2 Å². The van der Waals surface area contributed by atoms with E-state index in [1.54, 1.807) is 16.4 Å². The lowest BCUT2D eigenvalue weighted by atomic mass is 10.2. The molecule has 25 heavy (non-hydrogen) atoms. The Morgan fingerprint density at radius 3 is 2.48 bits per heavy atom. The predicted octanol–water partition coefficient (Wildman–Crippen LogP) is 2.25. The van der Waals surface area contributed by atoms with Crippen LogP contribution in [0.2, 0.25) is 5.02 Å². The molecular weight excluding hydrogens is 364 g/mol. The quantitative estimate of drug-likeness (QED) is 0.759. The molecule has 2 aromatic rings. The molecule has 9 heteroatoms. The Hall–Kier alpha value is -1.48. The lowest BCUT2D eigenvalue weighted by Gasteiger charge is -2.33. The van der Waals surface area contributed by atoms with Crippen LogP contribution in [0.25, 0.3) is 11.4 Å².